The Bertz CT molecular complexity index is 995. The first kappa shape index (κ1) is 35.7. The largest absolute Gasteiger partial charge is 0.395 e. The number of aliphatic hydroxyl groups excluding tert-OH is 4. The third-order valence-corrected chi connectivity index (χ3v) is 8.13. The molecule has 1 aliphatic heterocycles. The molecule has 0 radical (unpaired) electrons. The summed E-state index contributed by atoms with van der Waals surface area (Å²) in [5, 5.41) is 38.2. The van der Waals surface area contributed by atoms with Gasteiger partial charge in [0.2, 0.25) is 5.91 Å². The van der Waals surface area contributed by atoms with E-state index < -0.39 is 11.8 Å². The summed E-state index contributed by atoms with van der Waals surface area (Å²) in [7, 11) is 0. The first-order valence-corrected chi connectivity index (χ1v) is 15.2. The van der Waals surface area contributed by atoms with Crippen molar-refractivity contribution in [3.8, 4) is 0 Å². The molecule has 1 heterocycles. The molecule has 0 bridgehead atoms. The fourth-order valence-corrected chi connectivity index (χ4v) is 6.18. The second kappa shape index (κ2) is 15.8. The van der Waals surface area contributed by atoms with Crippen LogP contribution in [0, 0.1) is 10.8 Å². The van der Waals surface area contributed by atoms with E-state index in [-0.39, 0.29) is 92.4 Å². The van der Waals surface area contributed by atoms with Gasteiger partial charge in [-0.15, -0.1) is 0 Å². The Morgan fingerprint density at radius 1 is 0.810 bits per heavy atom. The van der Waals surface area contributed by atoms with E-state index in [4.69, 9.17) is 0 Å². The van der Waals surface area contributed by atoms with Crippen LogP contribution in [0.5, 0.6) is 0 Å². The van der Waals surface area contributed by atoms with E-state index in [2.05, 4.69) is 41.5 Å². The van der Waals surface area contributed by atoms with Crippen LogP contribution in [-0.4, -0.2) is 118 Å². The summed E-state index contributed by atoms with van der Waals surface area (Å²) in [6, 6.07) is 5.17. The predicted molar refractivity (Wildman–Crippen MR) is 162 cm³/mol. The van der Waals surface area contributed by atoms with Crippen molar-refractivity contribution in [1.82, 2.24) is 14.7 Å². The van der Waals surface area contributed by atoms with E-state index in [0.29, 0.717) is 6.42 Å². The van der Waals surface area contributed by atoms with Gasteiger partial charge in [0.1, 0.15) is 0 Å². The number of carbonyl (C=O) groups is 3. The molecule has 1 aromatic rings. The third kappa shape index (κ3) is 9.76. The molecule has 3 amide bonds. The van der Waals surface area contributed by atoms with Crippen molar-refractivity contribution in [2.75, 3.05) is 59.2 Å². The molecule has 4 N–H and O–H groups in total. The molecule has 2 atom stereocenters. The van der Waals surface area contributed by atoms with E-state index in [1.807, 2.05) is 17.0 Å². The van der Waals surface area contributed by atoms with Crippen LogP contribution in [-0.2, 0) is 4.79 Å². The lowest BCUT2D eigenvalue weighted by Gasteiger charge is -2.42. The van der Waals surface area contributed by atoms with Crippen LogP contribution in [0.15, 0.2) is 18.2 Å². The van der Waals surface area contributed by atoms with E-state index in [1.165, 1.54) is 15.9 Å². The molecule has 10 heteroatoms. The summed E-state index contributed by atoms with van der Waals surface area (Å²) >= 11 is 0. The van der Waals surface area contributed by atoms with Crippen molar-refractivity contribution in [2.24, 2.45) is 10.8 Å². The van der Waals surface area contributed by atoms with Crippen molar-refractivity contribution in [3.63, 3.8) is 0 Å². The minimum Gasteiger partial charge on any atom is -0.395 e. The van der Waals surface area contributed by atoms with Gasteiger partial charge in [0.05, 0.1) is 26.4 Å². The second-order valence-electron chi connectivity index (χ2n) is 13.4. The number of benzene rings is 1. The number of hydrogen-bond donors (Lipinski definition) is 4. The van der Waals surface area contributed by atoms with Crippen molar-refractivity contribution in [2.45, 2.75) is 79.2 Å². The van der Waals surface area contributed by atoms with Gasteiger partial charge in [0, 0.05) is 56.3 Å². The van der Waals surface area contributed by atoms with Gasteiger partial charge in [-0.25, -0.2) is 0 Å². The molecule has 2 rings (SSSR count). The van der Waals surface area contributed by atoms with Crippen LogP contribution in [0.25, 0.3) is 0 Å². The van der Waals surface area contributed by atoms with Crippen LogP contribution in [0.3, 0.4) is 0 Å². The number of rotatable bonds is 16. The number of nitrogens with zero attached hydrogens (tertiary/aromatic N) is 3. The van der Waals surface area contributed by atoms with Gasteiger partial charge in [0.15, 0.2) is 0 Å². The lowest BCUT2D eigenvalue weighted by Crippen LogP contribution is -2.40. The molecule has 42 heavy (non-hydrogen) atoms. The first-order valence-electron chi connectivity index (χ1n) is 15.2. The molecule has 1 saturated heterocycles. The van der Waals surface area contributed by atoms with Gasteiger partial charge in [-0.3, -0.25) is 14.4 Å². The van der Waals surface area contributed by atoms with Crippen LogP contribution in [0.4, 0.5) is 0 Å². The van der Waals surface area contributed by atoms with Crippen LogP contribution in [0.1, 0.15) is 99.4 Å². The Morgan fingerprint density at radius 3 is 1.62 bits per heavy atom. The number of likely N-dealkylation sites (tertiary alicyclic amines) is 1. The molecule has 0 aliphatic carbocycles. The number of amides is 3. The topological polar surface area (TPSA) is 142 Å². The van der Waals surface area contributed by atoms with Crippen LogP contribution >= 0.6 is 0 Å². The van der Waals surface area contributed by atoms with Crippen LogP contribution in [0.2, 0.25) is 0 Å². The summed E-state index contributed by atoms with van der Waals surface area (Å²) < 4.78 is 0. The van der Waals surface area contributed by atoms with E-state index in [9.17, 15) is 34.8 Å². The third-order valence-electron chi connectivity index (χ3n) is 8.13. The highest BCUT2D eigenvalue weighted by Gasteiger charge is 2.38. The Balaban J connectivity index is 2.69. The Morgan fingerprint density at radius 2 is 1.26 bits per heavy atom. The highest BCUT2D eigenvalue weighted by atomic mass is 16.3. The van der Waals surface area contributed by atoms with Crippen molar-refractivity contribution in [1.29, 1.82) is 0 Å². The molecule has 10 nitrogen and oxygen atoms in total. The van der Waals surface area contributed by atoms with Crippen molar-refractivity contribution >= 4 is 17.7 Å². The zero-order chi connectivity index (χ0) is 31.7. The Labute approximate surface area is 251 Å². The standard InChI is InChI=1S/C32H53N3O7/c1-23(35-9-7-8-28(35)40)21-32(5,6)27(22-31(2,3)4)24-18-25(29(41)33(10-14-36)11-15-37)20-26(19-24)30(42)34(12-16-38)13-17-39/h18-20,23,27,36-39H,7-17,21-22H2,1-6H3. The number of aliphatic hydroxyl groups is 4. The molecule has 0 saturated carbocycles. The van der Waals surface area contributed by atoms with Crippen molar-refractivity contribution in [3.05, 3.63) is 34.9 Å². The van der Waals surface area contributed by atoms with Gasteiger partial charge in [-0.05, 0) is 66.7 Å². The monoisotopic (exact) mass is 591 g/mol. The number of hydrogen-bond acceptors (Lipinski definition) is 7. The molecule has 1 aliphatic rings. The summed E-state index contributed by atoms with van der Waals surface area (Å²) in [5.41, 5.74) is 0.915. The zero-order valence-electron chi connectivity index (χ0n) is 26.4. The summed E-state index contributed by atoms with van der Waals surface area (Å²) in [4.78, 5) is 44.5. The predicted octanol–water partition coefficient (Wildman–Crippen LogP) is 2.49. The van der Waals surface area contributed by atoms with Gasteiger partial charge in [0.25, 0.3) is 11.8 Å². The maximum Gasteiger partial charge on any atom is 0.254 e. The minimum absolute atomic E-state index is 0.0255. The number of carbonyl (C=O) groups excluding carboxylic acids is 3. The fraction of sp³-hybridized carbons (Fsp3) is 0.719. The average molecular weight is 592 g/mol. The fourth-order valence-electron chi connectivity index (χ4n) is 6.18. The smallest absolute Gasteiger partial charge is 0.254 e. The van der Waals surface area contributed by atoms with E-state index >= 15 is 0 Å². The average Bonchev–Trinajstić information content (AvgIpc) is 3.35. The highest BCUT2D eigenvalue weighted by molar-refractivity contribution is 6.00. The first-order chi connectivity index (χ1) is 19.7. The maximum atomic E-state index is 13.7. The summed E-state index contributed by atoms with van der Waals surface area (Å²) in [6.45, 7) is 12.7. The lowest BCUT2D eigenvalue weighted by atomic mass is 9.65. The normalized spacial score (nSPS) is 15.6. The molecule has 0 spiro atoms. The highest BCUT2D eigenvalue weighted by Crippen LogP contribution is 2.47. The van der Waals surface area contributed by atoms with Gasteiger partial charge >= 0.3 is 0 Å². The summed E-state index contributed by atoms with van der Waals surface area (Å²) in [6.07, 6.45) is 2.91. The zero-order valence-corrected chi connectivity index (χ0v) is 26.4. The van der Waals surface area contributed by atoms with E-state index in [0.717, 1.165) is 31.4 Å². The lowest BCUT2D eigenvalue weighted by molar-refractivity contribution is -0.129. The SMILES string of the molecule is CC(CC(C)(C)C(CC(C)(C)C)c1cc(C(=O)N(CCO)CCO)cc(C(=O)N(CCO)CCO)c1)N1CCCC1=O. The molecular formula is C32H53N3O7. The maximum absolute atomic E-state index is 13.7. The minimum atomic E-state index is -0.409. The van der Waals surface area contributed by atoms with Gasteiger partial charge in [-0.2, -0.15) is 0 Å². The van der Waals surface area contributed by atoms with Crippen LogP contribution < -0.4 is 0 Å². The van der Waals surface area contributed by atoms with Gasteiger partial charge < -0.3 is 35.1 Å². The molecule has 1 aromatic carbocycles. The molecule has 1 fully saturated rings. The van der Waals surface area contributed by atoms with E-state index in [1.54, 1.807) is 0 Å². The molecule has 238 valence electrons. The second-order valence-corrected chi connectivity index (χ2v) is 13.4. The van der Waals surface area contributed by atoms with Crippen molar-refractivity contribution < 1.29 is 34.8 Å². The molecule has 0 aromatic heterocycles. The Hall–Kier alpha value is -2.53. The summed E-state index contributed by atoms with van der Waals surface area (Å²) in [5.74, 6) is -0.737. The Kier molecular flexibility index (Phi) is 13.4. The van der Waals surface area contributed by atoms with Gasteiger partial charge in [-0.1, -0.05) is 34.6 Å². The molecule has 2 unspecified atom stereocenters. The molecular weight excluding hydrogens is 538 g/mol. The quantitative estimate of drug-likeness (QED) is 0.231.